The number of ether oxygens (including phenoxy) is 1. The second-order valence-corrected chi connectivity index (χ2v) is 8.18. The molecule has 0 radical (unpaired) electrons. The second-order valence-electron chi connectivity index (χ2n) is 8.18. The van der Waals surface area contributed by atoms with Crippen molar-refractivity contribution in [2.24, 2.45) is 0 Å². The van der Waals surface area contributed by atoms with Crippen LogP contribution in [0.1, 0.15) is 49.1 Å². The average Bonchev–Trinajstić information content (AvgIpc) is 2.96. The zero-order valence-corrected chi connectivity index (χ0v) is 16.7. The van der Waals surface area contributed by atoms with Gasteiger partial charge in [-0.1, -0.05) is 45.0 Å². The Morgan fingerprint density at radius 2 is 1.96 bits per heavy atom. The number of amides is 2. The predicted molar refractivity (Wildman–Crippen MR) is 109 cm³/mol. The minimum atomic E-state index is -0.738. The molecule has 1 aliphatic rings. The van der Waals surface area contributed by atoms with Crippen LogP contribution < -0.4 is 15.4 Å². The number of anilines is 1. The summed E-state index contributed by atoms with van der Waals surface area (Å²) in [5, 5.41) is 25.9. The van der Waals surface area contributed by atoms with Gasteiger partial charge in [0.1, 0.15) is 5.75 Å². The van der Waals surface area contributed by atoms with E-state index in [0.29, 0.717) is 23.4 Å². The molecule has 3 rings (SSSR count). The second kappa shape index (κ2) is 7.81. The molecule has 2 amide bonds. The Kier molecular flexibility index (Phi) is 5.63. The number of methoxy groups -OCH3 is 1. The molecule has 0 aromatic heterocycles. The molecule has 150 valence electrons. The lowest BCUT2D eigenvalue weighted by atomic mass is 9.85. The Morgan fingerprint density at radius 3 is 2.57 bits per heavy atom. The van der Waals surface area contributed by atoms with Gasteiger partial charge in [-0.15, -0.1) is 0 Å². The number of benzene rings is 2. The van der Waals surface area contributed by atoms with Crippen LogP contribution >= 0.6 is 0 Å². The van der Waals surface area contributed by atoms with Crippen LogP contribution in [-0.4, -0.2) is 29.4 Å². The van der Waals surface area contributed by atoms with E-state index in [1.165, 1.54) is 7.11 Å². The van der Waals surface area contributed by atoms with Crippen molar-refractivity contribution < 1.29 is 19.7 Å². The van der Waals surface area contributed by atoms with E-state index in [-0.39, 0.29) is 12.0 Å². The van der Waals surface area contributed by atoms with Gasteiger partial charge in [0.05, 0.1) is 31.5 Å². The van der Waals surface area contributed by atoms with E-state index in [9.17, 15) is 15.0 Å². The van der Waals surface area contributed by atoms with Gasteiger partial charge >= 0.3 is 6.03 Å². The lowest BCUT2D eigenvalue weighted by molar-refractivity contribution is 0.145. The molecule has 0 bridgehead atoms. The third-order valence-corrected chi connectivity index (χ3v) is 5.17. The summed E-state index contributed by atoms with van der Waals surface area (Å²) in [7, 11) is 1.51. The largest absolute Gasteiger partial charge is 0.494 e. The Labute approximate surface area is 165 Å². The molecule has 0 spiro atoms. The van der Waals surface area contributed by atoms with E-state index in [4.69, 9.17) is 4.74 Å². The molecule has 28 heavy (non-hydrogen) atoms. The Balaban J connectivity index is 1.80. The highest BCUT2D eigenvalue weighted by Crippen LogP contribution is 2.36. The molecule has 0 aliphatic heterocycles. The summed E-state index contributed by atoms with van der Waals surface area (Å²) in [4.78, 5) is 12.6. The van der Waals surface area contributed by atoms with Gasteiger partial charge in [-0.25, -0.2) is 4.79 Å². The van der Waals surface area contributed by atoms with Crippen LogP contribution in [0.5, 0.6) is 5.75 Å². The Morgan fingerprint density at radius 1 is 1.25 bits per heavy atom. The molecule has 2 aromatic carbocycles. The number of rotatable bonds is 4. The predicted octanol–water partition coefficient (Wildman–Crippen LogP) is 3.26. The van der Waals surface area contributed by atoms with E-state index in [0.717, 1.165) is 16.7 Å². The molecule has 0 heterocycles. The summed E-state index contributed by atoms with van der Waals surface area (Å²) in [6.07, 6.45) is -0.163. The first-order valence-electron chi connectivity index (χ1n) is 9.40. The van der Waals surface area contributed by atoms with Gasteiger partial charge in [-0.3, -0.25) is 0 Å². The Bertz CT molecular complexity index is 873. The molecule has 2 aromatic rings. The summed E-state index contributed by atoms with van der Waals surface area (Å²) >= 11 is 0. The van der Waals surface area contributed by atoms with E-state index in [2.05, 4.69) is 31.4 Å². The van der Waals surface area contributed by atoms with Gasteiger partial charge in [0.25, 0.3) is 0 Å². The van der Waals surface area contributed by atoms with Gasteiger partial charge in [-0.05, 0) is 40.7 Å². The first-order chi connectivity index (χ1) is 13.2. The molecule has 6 heteroatoms. The number of aliphatic hydroxyl groups excluding tert-OH is 2. The van der Waals surface area contributed by atoms with Crippen LogP contribution in [-0.2, 0) is 18.4 Å². The van der Waals surface area contributed by atoms with Gasteiger partial charge in [-0.2, -0.15) is 0 Å². The highest BCUT2D eigenvalue weighted by Gasteiger charge is 2.32. The van der Waals surface area contributed by atoms with Crippen molar-refractivity contribution in [1.29, 1.82) is 0 Å². The molecule has 2 unspecified atom stereocenters. The maximum atomic E-state index is 12.6. The summed E-state index contributed by atoms with van der Waals surface area (Å²) in [6, 6.07) is 10.6. The maximum Gasteiger partial charge on any atom is 0.319 e. The Hall–Kier alpha value is -2.57. The van der Waals surface area contributed by atoms with Crippen molar-refractivity contribution in [2.75, 3.05) is 12.4 Å². The molecular formula is C22H28N2O4. The van der Waals surface area contributed by atoms with Crippen LogP contribution in [0.2, 0.25) is 0 Å². The molecule has 0 fully saturated rings. The van der Waals surface area contributed by atoms with E-state index in [1.54, 1.807) is 0 Å². The lowest BCUT2D eigenvalue weighted by Gasteiger charge is -2.24. The maximum absolute atomic E-state index is 12.6. The minimum Gasteiger partial charge on any atom is -0.494 e. The van der Waals surface area contributed by atoms with Crippen molar-refractivity contribution in [2.45, 2.75) is 51.4 Å². The number of nitrogens with one attached hydrogen (secondary N) is 2. The van der Waals surface area contributed by atoms with E-state index >= 15 is 0 Å². The molecule has 6 nitrogen and oxygen atoms in total. The first kappa shape index (κ1) is 20.2. The van der Waals surface area contributed by atoms with E-state index in [1.807, 2.05) is 36.4 Å². The fourth-order valence-electron chi connectivity index (χ4n) is 3.60. The zero-order chi connectivity index (χ0) is 20.5. The van der Waals surface area contributed by atoms with Gasteiger partial charge in [0.15, 0.2) is 0 Å². The van der Waals surface area contributed by atoms with E-state index < -0.39 is 18.2 Å². The summed E-state index contributed by atoms with van der Waals surface area (Å²) in [5.41, 5.74) is 3.80. The summed E-state index contributed by atoms with van der Waals surface area (Å²) in [6.45, 7) is 5.99. The molecule has 2 atom stereocenters. The molecule has 0 saturated carbocycles. The monoisotopic (exact) mass is 384 g/mol. The van der Waals surface area contributed by atoms with Gasteiger partial charge < -0.3 is 25.6 Å². The number of fused-ring (bicyclic) bond motifs is 1. The number of urea groups is 1. The third-order valence-electron chi connectivity index (χ3n) is 5.17. The van der Waals surface area contributed by atoms with Crippen molar-refractivity contribution in [1.82, 2.24) is 5.32 Å². The quantitative estimate of drug-likeness (QED) is 0.651. The van der Waals surface area contributed by atoms with Crippen molar-refractivity contribution >= 4 is 11.7 Å². The van der Waals surface area contributed by atoms with Crippen molar-refractivity contribution in [3.8, 4) is 5.75 Å². The standard InChI is InChI=1S/C22H28N2O4/c1-22(2,3)15-9-14(12-25)20(28-4)18(11-15)24-21(27)23-17-10-13-7-5-6-8-16(13)19(17)26/h5-9,11,17,19,25-26H,10,12H2,1-4H3,(H2,23,24,27). The van der Waals surface area contributed by atoms with Crippen LogP contribution in [0.25, 0.3) is 0 Å². The van der Waals surface area contributed by atoms with Crippen LogP contribution in [0.3, 0.4) is 0 Å². The SMILES string of the molecule is COc1c(CO)cc(C(C)(C)C)cc1NC(=O)NC1Cc2ccccc2C1O. The first-order valence-corrected chi connectivity index (χ1v) is 9.40. The van der Waals surface area contributed by atoms with Crippen LogP contribution in [0.4, 0.5) is 10.5 Å². The van der Waals surface area contributed by atoms with Crippen molar-refractivity contribution in [3.05, 3.63) is 58.7 Å². The molecular weight excluding hydrogens is 356 g/mol. The number of hydrogen-bond acceptors (Lipinski definition) is 4. The normalized spacial score (nSPS) is 18.5. The number of aliphatic hydroxyl groups is 2. The van der Waals surface area contributed by atoms with Crippen LogP contribution in [0, 0.1) is 0 Å². The molecule has 0 saturated heterocycles. The summed E-state index contributed by atoms with van der Waals surface area (Å²) in [5.74, 6) is 0.431. The lowest BCUT2D eigenvalue weighted by Crippen LogP contribution is -2.40. The van der Waals surface area contributed by atoms with Crippen LogP contribution in [0.15, 0.2) is 36.4 Å². The third kappa shape index (κ3) is 3.98. The smallest absolute Gasteiger partial charge is 0.319 e. The number of carbonyl (C=O) groups excluding carboxylic acids is 1. The highest BCUT2D eigenvalue weighted by atomic mass is 16.5. The number of carbonyl (C=O) groups is 1. The fraction of sp³-hybridized carbons (Fsp3) is 0.409. The topological polar surface area (TPSA) is 90.8 Å². The number of hydrogen-bond donors (Lipinski definition) is 4. The molecule has 4 N–H and O–H groups in total. The van der Waals surface area contributed by atoms with Crippen molar-refractivity contribution in [3.63, 3.8) is 0 Å². The molecule has 1 aliphatic carbocycles. The minimum absolute atomic E-state index is 0.160. The summed E-state index contributed by atoms with van der Waals surface area (Å²) < 4.78 is 5.43. The fourth-order valence-corrected chi connectivity index (χ4v) is 3.60. The van der Waals surface area contributed by atoms with Gasteiger partial charge in [0.2, 0.25) is 0 Å². The average molecular weight is 384 g/mol. The highest BCUT2D eigenvalue weighted by molar-refractivity contribution is 5.92. The van der Waals surface area contributed by atoms with Gasteiger partial charge in [0, 0.05) is 5.56 Å². The zero-order valence-electron chi connectivity index (χ0n) is 16.7.